The highest BCUT2D eigenvalue weighted by atomic mass is 16.5. The second-order valence-corrected chi connectivity index (χ2v) is 5.50. The molecule has 1 saturated heterocycles. The number of ketones is 1. The number of hydrogen-bond acceptors (Lipinski definition) is 4. The van der Waals surface area contributed by atoms with Gasteiger partial charge in [-0.15, -0.1) is 4.99 Å². The molecule has 0 spiro atoms. The summed E-state index contributed by atoms with van der Waals surface area (Å²) in [6.07, 6.45) is 6.68. The van der Waals surface area contributed by atoms with Crippen molar-refractivity contribution in [1.82, 2.24) is 0 Å². The molecule has 3 unspecified atom stereocenters. The molecule has 6 nitrogen and oxygen atoms in total. The summed E-state index contributed by atoms with van der Waals surface area (Å²) in [5, 5.41) is 0. The van der Waals surface area contributed by atoms with Crippen LogP contribution in [-0.2, 0) is 9.53 Å². The lowest BCUT2D eigenvalue weighted by Crippen LogP contribution is -2.53. The molecular weight excluding hydrogens is 258 g/mol. The zero-order valence-corrected chi connectivity index (χ0v) is 12.0. The largest absolute Gasteiger partial charge is 0.451 e. The number of amidine groups is 1. The third kappa shape index (κ3) is 2.96. The van der Waals surface area contributed by atoms with Gasteiger partial charge in [0.25, 0.3) is 0 Å². The third-order valence-electron chi connectivity index (χ3n) is 4.01. The first-order valence-corrected chi connectivity index (χ1v) is 7.06. The van der Waals surface area contributed by atoms with Gasteiger partial charge in [-0.1, -0.05) is 6.92 Å². The number of nitrogens with zero attached hydrogens (tertiary/aromatic N) is 2. The molecule has 2 N–H and O–H groups in total. The van der Waals surface area contributed by atoms with Gasteiger partial charge < -0.3 is 10.5 Å². The number of hydrogen-bond donors (Lipinski definition) is 1. The van der Waals surface area contributed by atoms with E-state index in [1.165, 1.54) is 0 Å². The van der Waals surface area contributed by atoms with Crippen LogP contribution in [0.25, 0.3) is 0 Å². The van der Waals surface area contributed by atoms with Crippen molar-refractivity contribution < 1.29 is 18.8 Å². The summed E-state index contributed by atoms with van der Waals surface area (Å²) in [6, 6.07) is -0.305. The number of quaternary nitrogens is 1. The molecule has 2 rings (SSSR count). The highest BCUT2D eigenvalue weighted by molar-refractivity contribution is 5.99. The number of ether oxygens (including phenoxy) is 1. The topological polar surface area (TPSA) is 81.8 Å². The van der Waals surface area contributed by atoms with Crippen LogP contribution in [0.4, 0.5) is 4.79 Å². The number of Topliss-reactive ketones (excluding diaryl/α,β-unsaturated/α-hetero) is 1. The molecule has 2 amide bonds. The molecular formula is C14H22N3O3+. The first kappa shape index (κ1) is 14.9. The fourth-order valence-corrected chi connectivity index (χ4v) is 2.56. The first-order valence-electron chi connectivity index (χ1n) is 7.06. The first-order chi connectivity index (χ1) is 9.45. The van der Waals surface area contributed by atoms with Crippen LogP contribution in [0, 0.1) is 0 Å². The van der Waals surface area contributed by atoms with Crippen molar-refractivity contribution in [2.24, 2.45) is 10.7 Å². The molecule has 2 heterocycles. The van der Waals surface area contributed by atoms with Crippen molar-refractivity contribution in [2.75, 3.05) is 7.05 Å². The van der Waals surface area contributed by atoms with Crippen LogP contribution in [-0.4, -0.2) is 41.5 Å². The molecule has 1 fully saturated rings. The van der Waals surface area contributed by atoms with Crippen LogP contribution in [0.1, 0.15) is 39.0 Å². The van der Waals surface area contributed by atoms with E-state index in [4.69, 9.17) is 10.5 Å². The van der Waals surface area contributed by atoms with E-state index in [1.807, 2.05) is 6.92 Å². The van der Waals surface area contributed by atoms with Crippen molar-refractivity contribution in [1.29, 1.82) is 0 Å². The van der Waals surface area contributed by atoms with E-state index < -0.39 is 0 Å². The van der Waals surface area contributed by atoms with E-state index in [1.54, 1.807) is 19.3 Å². The second kappa shape index (κ2) is 5.85. The zero-order valence-electron chi connectivity index (χ0n) is 12.0. The zero-order chi connectivity index (χ0) is 14.8. The van der Waals surface area contributed by atoms with E-state index in [2.05, 4.69) is 4.99 Å². The lowest BCUT2D eigenvalue weighted by molar-refractivity contribution is -0.830. The molecule has 0 radical (unpaired) electrons. The van der Waals surface area contributed by atoms with Gasteiger partial charge in [-0.05, 0) is 12.8 Å². The van der Waals surface area contributed by atoms with Crippen molar-refractivity contribution in [3.63, 3.8) is 0 Å². The van der Waals surface area contributed by atoms with Gasteiger partial charge in [-0.25, -0.2) is 4.79 Å². The number of carbonyl (C=O) groups excluding carboxylic acids is 2. The lowest BCUT2D eigenvalue weighted by atomic mass is 10.1. The number of aliphatic imine (C=N–C) groups is 1. The summed E-state index contributed by atoms with van der Waals surface area (Å²) in [7, 11) is 1.78. The Morgan fingerprint density at radius 3 is 2.95 bits per heavy atom. The van der Waals surface area contributed by atoms with Crippen LogP contribution in [0.2, 0.25) is 0 Å². The quantitative estimate of drug-likeness (QED) is 0.777. The van der Waals surface area contributed by atoms with Gasteiger partial charge in [0.05, 0.1) is 13.2 Å². The number of nitrogens with two attached hydrogens (primary N) is 1. The van der Waals surface area contributed by atoms with Crippen LogP contribution in [0.3, 0.4) is 0 Å². The number of carbonyl (C=O) groups is 2. The van der Waals surface area contributed by atoms with Crippen LogP contribution in [0.15, 0.2) is 17.3 Å². The summed E-state index contributed by atoms with van der Waals surface area (Å²) in [5.41, 5.74) is 5.52. The molecule has 110 valence electrons. The van der Waals surface area contributed by atoms with Crippen molar-refractivity contribution in [3.8, 4) is 0 Å². The van der Waals surface area contributed by atoms with Crippen LogP contribution < -0.4 is 5.73 Å². The molecule has 6 heteroatoms. The monoisotopic (exact) mass is 280 g/mol. The van der Waals surface area contributed by atoms with Crippen molar-refractivity contribution in [3.05, 3.63) is 12.3 Å². The van der Waals surface area contributed by atoms with Gasteiger partial charge in [0.15, 0.2) is 0 Å². The molecule has 0 aromatic heterocycles. The van der Waals surface area contributed by atoms with E-state index in [0.717, 1.165) is 19.3 Å². The molecule has 3 atom stereocenters. The molecule has 0 aromatic rings. The highest BCUT2D eigenvalue weighted by Gasteiger charge is 2.45. The number of urea groups is 1. The SMILES string of the molecule is CCC(=O)CCC1CCC([N+]2(C)C=CC(N)=NC2=O)O1. The predicted molar refractivity (Wildman–Crippen MR) is 74.8 cm³/mol. The smallest absolute Gasteiger partial charge is 0.383 e. The Morgan fingerprint density at radius 2 is 2.30 bits per heavy atom. The lowest BCUT2D eigenvalue weighted by Gasteiger charge is -2.32. The molecule has 0 aliphatic carbocycles. The Labute approximate surface area is 118 Å². The van der Waals surface area contributed by atoms with Gasteiger partial charge in [0.1, 0.15) is 17.8 Å². The van der Waals surface area contributed by atoms with E-state index in [-0.39, 0.29) is 34.5 Å². The van der Waals surface area contributed by atoms with Crippen molar-refractivity contribution >= 4 is 17.6 Å². The van der Waals surface area contributed by atoms with E-state index in [9.17, 15) is 9.59 Å². The predicted octanol–water partition coefficient (Wildman–Crippen LogP) is 1.70. The van der Waals surface area contributed by atoms with Gasteiger partial charge in [0, 0.05) is 25.3 Å². The Kier molecular flexibility index (Phi) is 4.35. The molecule has 0 aromatic carbocycles. The highest BCUT2D eigenvalue weighted by Crippen LogP contribution is 2.31. The molecule has 2 aliphatic heterocycles. The summed E-state index contributed by atoms with van der Waals surface area (Å²) < 4.78 is 5.94. The van der Waals surface area contributed by atoms with Crippen LogP contribution >= 0.6 is 0 Å². The molecule has 2 aliphatic rings. The standard InChI is InChI=1S/C14H21N3O3/c1-3-10(18)4-5-11-6-7-13(20-11)17(2)9-8-12(15)16-14(17)19/h8-9,11,13H,3-7H2,1-2H3,(H-,15,16,19)/p+1. The second-order valence-electron chi connectivity index (χ2n) is 5.50. The molecule has 0 saturated carbocycles. The Morgan fingerprint density at radius 1 is 1.55 bits per heavy atom. The summed E-state index contributed by atoms with van der Waals surface area (Å²) in [6.45, 7) is 1.87. The Bertz CT molecular complexity index is 472. The fraction of sp³-hybridized carbons (Fsp3) is 0.643. The van der Waals surface area contributed by atoms with E-state index in [0.29, 0.717) is 12.8 Å². The Hall–Kier alpha value is -1.53. The summed E-state index contributed by atoms with van der Waals surface area (Å²) >= 11 is 0. The van der Waals surface area contributed by atoms with E-state index >= 15 is 0 Å². The molecule has 20 heavy (non-hydrogen) atoms. The van der Waals surface area contributed by atoms with Gasteiger partial charge >= 0.3 is 6.03 Å². The maximum atomic E-state index is 12.1. The normalized spacial score (nSPS) is 33.3. The maximum Gasteiger partial charge on any atom is 0.451 e. The number of rotatable bonds is 5. The fourth-order valence-electron chi connectivity index (χ4n) is 2.56. The maximum absolute atomic E-state index is 12.1. The van der Waals surface area contributed by atoms with Gasteiger partial charge in [-0.3, -0.25) is 4.79 Å². The minimum atomic E-state index is -0.305. The average molecular weight is 280 g/mol. The molecule has 0 bridgehead atoms. The van der Waals surface area contributed by atoms with Crippen molar-refractivity contribution in [2.45, 2.75) is 51.4 Å². The minimum absolute atomic E-state index is 0.00107. The number of amides is 2. The average Bonchev–Trinajstić information content (AvgIpc) is 2.90. The summed E-state index contributed by atoms with van der Waals surface area (Å²) in [5.74, 6) is 0.484. The Balaban J connectivity index is 1.94. The third-order valence-corrected chi connectivity index (χ3v) is 4.01. The van der Waals surface area contributed by atoms with Gasteiger partial charge in [-0.2, -0.15) is 4.48 Å². The van der Waals surface area contributed by atoms with Crippen LogP contribution in [0.5, 0.6) is 0 Å². The van der Waals surface area contributed by atoms with Gasteiger partial charge in [0.2, 0.25) is 6.23 Å². The minimum Gasteiger partial charge on any atom is -0.383 e. The summed E-state index contributed by atoms with van der Waals surface area (Å²) in [4.78, 5) is 27.2.